The van der Waals surface area contributed by atoms with E-state index in [1.54, 1.807) is 4.68 Å². The molecule has 1 rings (SSSR count). The van der Waals surface area contributed by atoms with Crippen LogP contribution in [0, 0.1) is 12.3 Å². The molecule has 4 heteroatoms. The molecule has 4 nitrogen and oxygen atoms in total. The van der Waals surface area contributed by atoms with Crippen LogP contribution in [-0.4, -0.2) is 20.2 Å². The number of aromatic nitrogens is 4. The number of hydrogen-bond donors (Lipinski definition) is 0. The third-order valence-electron chi connectivity index (χ3n) is 2.15. The molecular formula is C9H14N4. The molecule has 0 fully saturated rings. The molecule has 0 radical (unpaired) electrons. The first-order chi connectivity index (χ1) is 6.33. The smallest absolute Gasteiger partial charge is 0.155 e. The van der Waals surface area contributed by atoms with Gasteiger partial charge in [0.05, 0.1) is 0 Å². The maximum absolute atomic E-state index is 5.21. The van der Waals surface area contributed by atoms with Gasteiger partial charge in [0.15, 0.2) is 5.82 Å². The normalized spacial score (nSPS) is 10.3. The van der Waals surface area contributed by atoms with Crippen molar-refractivity contribution in [3.8, 4) is 12.3 Å². The van der Waals surface area contributed by atoms with Crippen molar-refractivity contribution in [1.29, 1.82) is 0 Å². The molecule has 13 heavy (non-hydrogen) atoms. The topological polar surface area (TPSA) is 43.6 Å². The van der Waals surface area contributed by atoms with Gasteiger partial charge >= 0.3 is 0 Å². The van der Waals surface area contributed by atoms with Crippen molar-refractivity contribution < 1.29 is 0 Å². The van der Waals surface area contributed by atoms with Crippen LogP contribution in [0.3, 0.4) is 0 Å². The van der Waals surface area contributed by atoms with E-state index in [9.17, 15) is 0 Å². The largest absolute Gasteiger partial charge is 0.217 e. The lowest BCUT2D eigenvalue weighted by atomic mass is 10.0. The number of tetrazole rings is 1. The van der Waals surface area contributed by atoms with Gasteiger partial charge in [0.25, 0.3) is 0 Å². The van der Waals surface area contributed by atoms with Gasteiger partial charge in [0, 0.05) is 5.92 Å². The minimum absolute atomic E-state index is 0.420. The van der Waals surface area contributed by atoms with Gasteiger partial charge in [-0.15, -0.1) is 11.5 Å². The molecule has 0 saturated heterocycles. The van der Waals surface area contributed by atoms with Gasteiger partial charge in [-0.05, 0) is 23.3 Å². The summed E-state index contributed by atoms with van der Waals surface area (Å²) in [6.07, 6.45) is 7.29. The van der Waals surface area contributed by atoms with E-state index >= 15 is 0 Å². The maximum atomic E-state index is 5.21. The monoisotopic (exact) mass is 178 g/mol. The van der Waals surface area contributed by atoms with Crippen LogP contribution in [0.15, 0.2) is 0 Å². The number of terminal acetylenes is 1. The first-order valence-electron chi connectivity index (χ1n) is 4.53. The fourth-order valence-corrected chi connectivity index (χ4v) is 1.36. The summed E-state index contributed by atoms with van der Waals surface area (Å²) in [4.78, 5) is 0. The molecule has 0 aromatic carbocycles. The number of nitrogens with zero attached hydrogens (tertiary/aromatic N) is 4. The minimum atomic E-state index is 0.420. The van der Waals surface area contributed by atoms with Crippen LogP contribution in [0.25, 0.3) is 0 Å². The van der Waals surface area contributed by atoms with Crippen LogP contribution in [-0.2, 0) is 6.54 Å². The zero-order valence-electron chi connectivity index (χ0n) is 8.06. The fourth-order valence-electron chi connectivity index (χ4n) is 1.36. The summed E-state index contributed by atoms with van der Waals surface area (Å²) in [7, 11) is 0. The van der Waals surface area contributed by atoms with Gasteiger partial charge in [-0.2, -0.15) is 0 Å². The van der Waals surface area contributed by atoms with Crippen LogP contribution in [0.4, 0.5) is 0 Å². The third-order valence-corrected chi connectivity index (χ3v) is 2.15. The van der Waals surface area contributed by atoms with E-state index in [0.717, 1.165) is 18.7 Å². The second-order valence-corrected chi connectivity index (χ2v) is 2.91. The van der Waals surface area contributed by atoms with Crippen molar-refractivity contribution >= 4 is 0 Å². The van der Waals surface area contributed by atoms with E-state index in [-0.39, 0.29) is 0 Å². The molecule has 0 aliphatic heterocycles. The first-order valence-corrected chi connectivity index (χ1v) is 4.53. The Bertz CT molecular complexity index is 293. The molecule has 1 aromatic rings. The number of hydrogen-bond acceptors (Lipinski definition) is 3. The Morgan fingerprint density at radius 1 is 1.46 bits per heavy atom. The molecule has 0 unspecified atom stereocenters. The summed E-state index contributed by atoms with van der Waals surface area (Å²) in [5, 5.41) is 11.4. The van der Waals surface area contributed by atoms with Gasteiger partial charge in [-0.1, -0.05) is 19.8 Å². The summed E-state index contributed by atoms with van der Waals surface area (Å²) < 4.78 is 1.69. The molecule has 0 aliphatic carbocycles. The highest BCUT2D eigenvalue weighted by Crippen LogP contribution is 2.19. The summed E-state index contributed by atoms with van der Waals surface area (Å²) in [5.41, 5.74) is 0. The van der Waals surface area contributed by atoms with Crippen molar-refractivity contribution in [3.05, 3.63) is 5.82 Å². The Kier molecular flexibility index (Phi) is 3.44. The summed E-state index contributed by atoms with van der Waals surface area (Å²) in [6.45, 7) is 4.71. The second kappa shape index (κ2) is 4.61. The van der Waals surface area contributed by atoms with Crippen molar-refractivity contribution in [2.45, 2.75) is 39.2 Å². The zero-order chi connectivity index (χ0) is 9.68. The molecule has 1 aromatic heterocycles. The SMILES string of the molecule is C#CCn1nnnc1C(CC)CC. The third kappa shape index (κ3) is 2.05. The highest BCUT2D eigenvalue weighted by molar-refractivity contribution is 4.95. The van der Waals surface area contributed by atoms with E-state index < -0.39 is 0 Å². The van der Waals surface area contributed by atoms with Crippen LogP contribution in [0.2, 0.25) is 0 Å². The average molecular weight is 178 g/mol. The van der Waals surface area contributed by atoms with Crippen molar-refractivity contribution in [1.82, 2.24) is 20.2 Å². The van der Waals surface area contributed by atoms with Gasteiger partial charge < -0.3 is 0 Å². The lowest BCUT2D eigenvalue weighted by Crippen LogP contribution is -2.09. The summed E-state index contributed by atoms with van der Waals surface area (Å²) >= 11 is 0. The zero-order valence-corrected chi connectivity index (χ0v) is 8.06. The Balaban J connectivity index is 2.86. The van der Waals surface area contributed by atoms with E-state index in [0.29, 0.717) is 12.5 Å². The molecule has 0 bridgehead atoms. The van der Waals surface area contributed by atoms with E-state index in [2.05, 4.69) is 35.3 Å². The van der Waals surface area contributed by atoms with E-state index in [1.807, 2.05) is 0 Å². The van der Waals surface area contributed by atoms with Crippen molar-refractivity contribution in [3.63, 3.8) is 0 Å². The highest BCUT2D eigenvalue weighted by Gasteiger charge is 2.14. The Morgan fingerprint density at radius 2 is 2.15 bits per heavy atom. The average Bonchev–Trinajstić information content (AvgIpc) is 2.57. The Hall–Kier alpha value is -1.37. The standard InChI is InChI=1S/C9H14N4/c1-4-7-13-9(10-11-12-13)8(5-2)6-3/h1,8H,5-7H2,2-3H3. The lowest BCUT2D eigenvalue weighted by Gasteiger charge is -2.09. The predicted molar refractivity (Wildman–Crippen MR) is 50.0 cm³/mol. The molecule has 0 N–H and O–H groups in total. The van der Waals surface area contributed by atoms with Crippen LogP contribution < -0.4 is 0 Å². The summed E-state index contributed by atoms with van der Waals surface area (Å²) in [5.74, 6) is 3.86. The maximum Gasteiger partial charge on any atom is 0.155 e. The van der Waals surface area contributed by atoms with Crippen LogP contribution in [0.5, 0.6) is 0 Å². The van der Waals surface area contributed by atoms with E-state index in [1.165, 1.54) is 0 Å². The summed E-state index contributed by atoms with van der Waals surface area (Å²) in [6, 6.07) is 0. The number of rotatable bonds is 4. The Labute approximate surface area is 78.3 Å². The van der Waals surface area contributed by atoms with Gasteiger partial charge in [0.2, 0.25) is 0 Å². The minimum Gasteiger partial charge on any atom is -0.217 e. The predicted octanol–water partition coefficient (Wildman–Crippen LogP) is 1.21. The molecular weight excluding hydrogens is 164 g/mol. The lowest BCUT2D eigenvalue weighted by molar-refractivity contribution is 0.544. The van der Waals surface area contributed by atoms with Crippen molar-refractivity contribution in [2.24, 2.45) is 0 Å². The van der Waals surface area contributed by atoms with Gasteiger partial charge in [-0.3, -0.25) is 0 Å². The fraction of sp³-hybridized carbons (Fsp3) is 0.667. The quantitative estimate of drug-likeness (QED) is 0.651. The van der Waals surface area contributed by atoms with Gasteiger partial charge in [0.1, 0.15) is 6.54 Å². The molecule has 0 saturated carbocycles. The molecule has 0 spiro atoms. The second-order valence-electron chi connectivity index (χ2n) is 2.91. The molecule has 0 aliphatic rings. The first kappa shape index (κ1) is 9.72. The van der Waals surface area contributed by atoms with Crippen LogP contribution >= 0.6 is 0 Å². The van der Waals surface area contributed by atoms with E-state index in [4.69, 9.17) is 6.42 Å². The molecule has 70 valence electrons. The highest BCUT2D eigenvalue weighted by atomic mass is 15.5. The molecule has 0 amide bonds. The van der Waals surface area contributed by atoms with Gasteiger partial charge in [-0.25, -0.2) is 4.68 Å². The molecule has 1 heterocycles. The van der Waals surface area contributed by atoms with Crippen LogP contribution in [0.1, 0.15) is 38.4 Å². The molecule has 0 atom stereocenters. The van der Waals surface area contributed by atoms with Crippen molar-refractivity contribution in [2.75, 3.05) is 0 Å². The Morgan fingerprint density at radius 3 is 2.69 bits per heavy atom.